The Hall–Kier alpha value is -8.40. The molecule has 1 aromatic heterocycles. The van der Waals surface area contributed by atoms with Gasteiger partial charge in [0.05, 0.1) is 27.9 Å². The summed E-state index contributed by atoms with van der Waals surface area (Å²) in [6, 6.07) is 76.0. The van der Waals surface area contributed by atoms with E-state index in [2.05, 4.69) is 137 Å². The first-order valence-electron chi connectivity index (χ1n) is 23.3. The van der Waals surface area contributed by atoms with Crippen molar-refractivity contribution in [2.75, 3.05) is 9.80 Å². The summed E-state index contributed by atoms with van der Waals surface area (Å²) >= 11 is 0. The standard InChI is InChI=1S/C60H41N3/c1-3-20-46(21-4-1)61(49-37-32-42-16-7-8-18-45(42)40-49)48-35-33-44(34-36-48)51-26-14-28-54-53(51)27-15-31-59(54)63(57-30-13-19-43-17-9-10-24-52(43)57)50-38-39-56-55-25-11-12-29-58(55)62(60(56)41-50)47-22-5-2-6-23-47/h1-41H/i33D,34D,35D,36D. The van der Waals surface area contributed by atoms with E-state index >= 15 is 0 Å². The van der Waals surface area contributed by atoms with E-state index in [4.69, 9.17) is 0 Å². The normalized spacial score (nSPS) is 12.4. The summed E-state index contributed by atoms with van der Waals surface area (Å²) in [6.07, 6.45) is 0. The Morgan fingerprint density at radius 2 is 0.889 bits per heavy atom. The first kappa shape index (κ1) is 32.4. The molecule has 63 heavy (non-hydrogen) atoms. The van der Waals surface area contributed by atoms with Crippen molar-refractivity contribution in [2.45, 2.75) is 0 Å². The van der Waals surface area contributed by atoms with E-state index in [9.17, 15) is 5.48 Å². The maximum atomic E-state index is 9.72. The molecular weight excluding hydrogens is 763 g/mol. The van der Waals surface area contributed by atoms with Crippen LogP contribution in [-0.4, -0.2) is 4.57 Å². The first-order chi connectivity index (χ1) is 32.9. The monoisotopic (exact) mass is 807 g/mol. The van der Waals surface area contributed by atoms with Crippen molar-refractivity contribution in [2.24, 2.45) is 0 Å². The second kappa shape index (κ2) is 15.3. The second-order valence-electron chi connectivity index (χ2n) is 15.8. The predicted molar refractivity (Wildman–Crippen MR) is 268 cm³/mol. The van der Waals surface area contributed by atoms with E-state index in [0.29, 0.717) is 5.56 Å². The molecule has 0 saturated heterocycles. The van der Waals surface area contributed by atoms with Crippen LogP contribution in [0.3, 0.4) is 0 Å². The van der Waals surface area contributed by atoms with Crippen LogP contribution in [0, 0.1) is 0 Å². The first-order valence-corrected chi connectivity index (χ1v) is 21.3. The van der Waals surface area contributed by atoms with Gasteiger partial charge in [-0.1, -0.05) is 170 Å². The van der Waals surface area contributed by atoms with E-state index in [1.54, 1.807) is 0 Å². The van der Waals surface area contributed by atoms with Crippen molar-refractivity contribution >= 4 is 88.2 Å². The van der Waals surface area contributed by atoms with Crippen LogP contribution in [0.4, 0.5) is 34.1 Å². The van der Waals surface area contributed by atoms with Crippen LogP contribution in [0.2, 0.25) is 0 Å². The molecule has 0 atom stereocenters. The average Bonchev–Trinajstić information content (AvgIpc) is 3.71. The van der Waals surface area contributed by atoms with Crippen LogP contribution < -0.4 is 9.80 Å². The van der Waals surface area contributed by atoms with Gasteiger partial charge >= 0.3 is 0 Å². The summed E-state index contributed by atoms with van der Waals surface area (Å²) in [5, 5.41) is 8.32. The summed E-state index contributed by atoms with van der Waals surface area (Å²) in [6.45, 7) is 0. The molecule has 0 amide bonds. The Labute approximate surface area is 372 Å². The van der Waals surface area contributed by atoms with Gasteiger partial charge in [0.15, 0.2) is 0 Å². The summed E-state index contributed by atoms with van der Waals surface area (Å²) in [7, 11) is 0. The average molecular weight is 808 g/mol. The van der Waals surface area contributed by atoms with Crippen LogP contribution >= 0.6 is 0 Å². The highest BCUT2D eigenvalue weighted by atomic mass is 15.2. The SMILES string of the molecule is [2H]c1c([2H])c(N(c2ccccc2)c2ccc3ccccc3c2)c([2H])c([2H])c1-c1cccc2c(N(c3ccc4c5ccccc5n(-c5ccccc5)c4c3)c3cccc4ccccc34)cccc12. The minimum Gasteiger partial charge on any atom is -0.310 e. The van der Waals surface area contributed by atoms with Gasteiger partial charge in [-0.2, -0.15) is 0 Å². The number of anilines is 6. The predicted octanol–water partition coefficient (Wildman–Crippen LogP) is 16.8. The maximum absolute atomic E-state index is 9.72. The van der Waals surface area contributed by atoms with Crippen LogP contribution in [0.5, 0.6) is 0 Å². The summed E-state index contributed by atoms with van der Waals surface area (Å²) in [4.78, 5) is 4.16. The fourth-order valence-electron chi connectivity index (χ4n) is 9.32. The Kier molecular flexibility index (Phi) is 7.84. The molecule has 0 aliphatic heterocycles. The Morgan fingerprint density at radius 3 is 1.71 bits per heavy atom. The number of aromatic nitrogens is 1. The minimum atomic E-state index is -0.124. The van der Waals surface area contributed by atoms with E-state index in [1.165, 1.54) is 5.39 Å². The molecule has 0 aliphatic carbocycles. The van der Waals surface area contributed by atoms with Gasteiger partial charge in [0.2, 0.25) is 0 Å². The van der Waals surface area contributed by atoms with Gasteiger partial charge < -0.3 is 14.4 Å². The van der Waals surface area contributed by atoms with Gasteiger partial charge in [0, 0.05) is 50.0 Å². The zero-order chi connectivity index (χ0) is 45.2. The van der Waals surface area contributed by atoms with Crippen LogP contribution in [0.1, 0.15) is 5.48 Å². The number of rotatable bonds is 8. The highest BCUT2D eigenvalue weighted by Crippen LogP contribution is 2.46. The van der Waals surface area contributed by atoms with Crippen molar-refractivity contribution in [3.63, 3.8) is 0 Å². The molecule has 0 fully saturated rings. The van der Waals surface area contributed by atoms with E-state index in [0.717, 1.165) is 82.9 Å². The van der Waals surface area contributed by atoms with E-state index < -0.39 is 0 Å². The van der Waals surface area contributed by atoms with Crippen molar-refractivity contribution in [3.8, 4) is 16.8 Å². The number of nitrogens with zero attached hydrogens (tertiary/aromatic N) is 3. The number of hydrogen-bond donors (Lipinski definition) is 0. The Morgan fingerprint density at radius 1 is 0.317 bits per heavy atom. The van der Waals surface area contributed by atoms with Gasteiger partial charge in [0.25, 0.3) is 0 Å². The van der Waals surface area contributed by atoms with Gasteiger partial charge in [-0.15, -0.1) is 0 Å². The minimum absolute atomic E-state index is 0.110. The number of benzene rings is 11. The molecule has 3 nitrogen and oxygen atoms in total. The Balaban J connectivity index is 1.07. The lowest BCUT2D eigenvalue weighted by Crippen LogP contribution is -2.11. The fourth-order valence-corrected chi connectivity index (χ4v) is 9.32. The molecule has 296 valence electrons. The number of fused-ring (bicyclic) bond motifs is 6. The molecule has 0 aliphatic rings. The lowest BCUT2D eigenvalue weighted by atomic mass is 9.96. The van der Waals surface area contributed by atoms with E-state index in [1.807, 2.05) is 102 Å². The molecule has 12 rings (SSSR count). The third-order valence-corrected chi connectivity index (χ3v) is 12.2. The molecule has 11 aromatic carbocycles. The molecular formula is C60H41N3. The third-order valence-electron chi connectivity index (χ3n) is 12.2. The van der Waals surface area contributed by atoms with E-state index in [-0.39, 0.29) is 35.4 Å². The summed E-state index contributed by atoms with van der Waals surface area (Å²) < 4.78 is 41.1. The highest BCUT2D eigenvalue weighted by molar-refractivity contribution is 6.12. The molecule has 1 heterocycles. The molecule has 3 heteroatoms. The molecule has 0 N–H and O–H groups in total. The number of hydrogen-bond acceptors (Lipinski definition) is 2. The molecule has 12 aromatic rings. The Bertz CT molecular complexity index is 3850. The van der Waals surface area contributed by atoms with Gasteiger partial charge in [0.1, 0.15) is 0 Å². The molecule has 0 bridgehead atoms. The van der Waals surface area contributed by atoms with Gasteiger partial charge in [-0.25, -0.2) is 0 Å². The maximum Gasteiger partial charge on any atom is 0.0645 e. The zero-order valence-electron chi connectivity index (χ0n) is 38.2. The third kappa shape index (κ3) is 6.29. The topological polar surface area (TPSA) is 11.4 Å². The van der Waals surface area contributed by atoms with Gasteiger partial charge in [-0.3, -0.25) is 0 Å². The zero-order valence-corrected chi connectivity index (χ0v) is 34.2. The quantitative estimate of drug-likeness (QED) is 0.151. The van der Waals surface area contributed by atoms with Crippen molar-refractivity contribution < 1.29 is 5.48 Å². The molecule has 0 saturated carbocycles. The summed E-state index contributed by atoms with van der Waals surface area (Å²) in [5.41, 5.74) is 8.69. The molecule has 0 unspecified atom stereocenters. The smallest absolute Gasteiger partial charge is 0.0645 e. The van der Waals surface area contributed by atoms with Crippen LogP contribution in [0.15, 0.2) is 249 Å². The molecule has 0 spiro atoms. The lowest BCUT2D eigenvalue weighted by molar-refractivity contribution is 1.18. The van der Waals surface area contributed by atoms with Crippen molar-refractivity contribution in [1.82, 2.24) is 4.57 Å². The largest absolute Gasteiger partial charge is 0.310 e. The fraction of sp³-hybridized carbons (Fsp3) is 0. The van der Waals surface area contributed by atoms with Crippen LogP contribution in [-0.2, 0) is 0 Å². The second-order valence-corrected chi connectivity index (χ2v) is 15.8. The molecule has 0 radical (unpaired) electrons. The highest BCUT2D eigenvalue weighted by Gasteiger charge is 2.21. The number of para-hydroxylation sites is 3. The van der Waals surface area contributed by atoms with Crippen LogP contribution in [0.25, 0.3) is 70.9 Å². The van der Waals surface area contributed by atoms with Crippen molar-refractivity contribution in [1.29, 1.82) is 0 Å². The van der Waals surface area contributed by atoms with Gasteiger partial charge in [-0.05, 0) is 111 Å². The lowest BCUT2D eigenvalue weighted by Gasteiger charge is -2.29. The van der Waals surface area contributed by atoms with Crippen molar-refractivity contribution in [3.05, 3.63) is 249 Å². The summed E-state index contributed by atoms with van der Waals surface area (Å²) in [5.74, 6) is 0.